The summed E-state index contributed by atoms with van der Waals surface area (Å²) in [6.45, 7) is 2.06. The number of aromatic carboxylic acids is 1. The summed E-state index contributed by atoms with van der Waals surface area (Å²) in [5.41, 5.74) is 0.640. The minimum atomic E-state index is -1.04. The second-order valence-electron chi connectivity index (χ2n) is 4.73. The number of carbonyl (C=O) groups is 2. The molecule has 0 atom stereocenters. The largest absolute Gasteiger partial charge is 0.478 e. The third-order valence-corrected chi connectivity index (χ3v) is 3.04. The van der Waals surface area contributed by atoms with Crippen molar-refractivity contribution in [3.8, 4) is 0 Å². The minimum Gasteiger partial charge on any atom is -0.478 e. The van der Waals surface area contributed by atoms with Gasteiger partial charge in [-0.15, -0.1) is 0 Å². The van der Waals surface area contributed by atoms with Crippen molar-refractivity contribution in [3.05, 3.63) is 47.0 Å². The lowest BCUT2D eigenvalue weighted by Gasteiger charge is -2.16. The summed E-state index contributed by atoms with van der Waals surface area (Å²) >= 11 is 0. The van der Waals surface area contributed by atoms with Gasteiger partial charge in [0.05, 0.1) is 18.5 Å². The van der Waals surface area contributed by atoms with Gasteiger partial charge in [0.1, 0.15) is 5.82 Å². The van der Waals surface area contributed by atoms with Crippen LogP contribution in [0.4, 0.5) is 0 Å². The zero-order valence-corrected chi connectivity index (χ0v) is 11.8. The van der Waals surface area contributed by atoms with E-state index >= 15 is 0 Å². The van der Waals surface area contributed by atoms with Crippen LogP contribution >= 0.6 is 0 Å². The summed E-state index contributed by atoms with van der Waals surface area (Å²) < 4.78 is 0. The predicted molar refractivity (Wildman–Crippen MR) is 74.7 cm³/mol. The van der Waals surface area contributed by atoms with Gasteiger partial charge in [-0.05, 0) is 18.6 Å². The third-order valence-electron chi connectivity index (χ3n) is 3.04. The fourth-order valence-corrected chi connectivity index (χ4v) is 1.94. The first-order chi connectivity index (χ1) is 9.97. The summed E-state index contributed by atoms with van der Waals surface area (Å²) in [6.07, 6.45) is 0.0301. The molecule has 0 saturated carbocycles. The highest BCUT2D eigenvalue weighted by Crippen LogP contribution is 2.11. The number of aromatic nitrogens is 3. The fourth-order valence-electron chi connectivity index (χ4n) is 1.94. The molecule has 0 aliphatic heterocycles. The Morgan fingerprint density at radius 2 is 2.05 bits per heavy atom. The van der Waals surface area contributed by atoms with Gasteiger partial charge in [-0.3, -0.25) is 9.89 Å². The van der Waals surface area contributed by atoms with E-state index in [1.165, 1.54) is 11.0 Å². The number of carboxylic acids is 1. The quantitative estimate of drug-likeness (QED) is 0.855. The Balaban J connectivity index is 2.05. The van der Waals surface area contributed by atoms with Crippen molar-refractivity contribution >= 4 is 11.9 Å². The zero-order chi connectivity index (χ0) is 15.4. The van der Waals surface area contributed by atoms with Crippen LogP contribution in [0.3, 0.4) is 0 Å². The van der Waals surface area contributed by atoms with E-state index in [1.54, 1.807) is 32.2 Å². The molecule has 0 unspecified atom stereocenters. The van der Waals surface area contributed by atoms with Crippen LogP contribution in [0, 0.1) is 6.92 Å². The number of benzene rings is 1. The van der Waals surface area contributed by atoms with Gasteiger partial charge in [0.15, 0.2) is 5.82 Å². The smallest absolute Gasteiger partial charge is 0.335 e. The molecular weight excluding hydrogens is 272 g/mol. The molecule has 7 heteroatoms. The van der Waals surface area contributed by atoms with E-state index in [-0.39, 0.29) is 24.4 Å². The molecule has 0 radical (unpaired) electrons. The number of nitrogens with zero attached hydrogens (tertiary/aromatic N) is 3. The molecule has 1 aromatic heterocycles. The van der Waals surface area contributed by atoms with Gasteiger partial charge in [-0.25, -0.2) is 9.78 Å². The van der Waals surface area contributed by atoms with Crippen molar-refractivity contribution in [1.29, 1.82) is 0 Å². The summed E-state index contributed by atoms with van der Waals surface area (Å²) in [5.74, 6) is -0.0197. The van der Waals surface area contributed by atoms with Gasteiger partial charge in [0.2, 0.25) is 5.91 Å². The first-order valence-corrected chi connectivity index (χ1v) is 6.40. The van der Waals surface area contributed by atoms with Crippen LogP contribution in [0.25, 0.3) is 0 Å². The molecule has 0 fully saturated rings. The van der Waals surface area contributed by atoms with Crippen molar-refractivity contribution < 1.29 is 14.7 Å². The SMILES string of the molecule is Cc1nc(CN(C)C(=O)Cc2ccccc2C(=O)O)n[nH]1. The highest BCUT2D eigenvalue weighted by atomic mass is 16.4. The molecular formula is C14H16N4O3. The van der Waals surface area contributed by atoms with Gasteiger partial charge in [-0.1, -0.05) is 18.2 Å². The van der Waals surface area contributed by atoms with E-state index in [9.17, 15) is 9.59 Å². The van der Waals surface area contributed by atoms with Gasteiger partial charge in [0.25, 0.3) is 0 Å². The van der Waals surface area contributed by atoms with Gasteiger partial charge < -0.3 is 10.0 Å². The van der Waals surface area contributed by atoms with Crippen LogP contribution in [-0.4, -0.2) is 44.1 Å². The number of H-pyrrole nitrogens is 1. The van der Waals surface area contributed by atoms with Crippen molar-refractivity contribution in [2.24, 2.45) is 0 Å². The molecule has 110 valence electrons. The maximum absolute atomic E-state index is 12.2. The maximum Gasteiger partial charge on any atom is 0.335 e. The molecule has 0 saturated heterocycles. The Hall–Kier alpha value is -2.70. The fraction of sp³-hybridized carbons (Fsp3) is 0.286. The minimum absolute atomic E-state index is 0.0301. The average molecular weight is 288 g/mol. The molecule has 0 bridgehead atoms. The molecule has 7 nitrogen and oxygen atoms in total. The first kappa shape index (κ1) is 14.7. The number of nitrogens with one attached hydrogen (secondary N) is 1. The van der Waals surface area contributed by atoms with Crippen LogP contribution in [0.15, 0.2) is 24.3 Å². The Morgan fingerprint density at radius 3 is 2.67 bits per heavy atom. The summed E-state index contributed by atoms with van der Waals surface area (Å²) in [6, 6.07) is 6.49. The van der Waals surface area contributed by atoms with Crippen molar-refractivity contribution in [1.82, 2.24) is 20.1 Å². The first-order valence-electron chi connectivity index (χ1n) is 6.40. The number of hydrogen-bond acceptors (Lipinski definition) is 4. The van der Waals surface area contributed by atoms with Crippen LogP contribution in [0.1, 0.15) is 27.6 Å². The third kappa shape index (κ3) is 3.65. The van der Waals surface area contributed by atoms with E-state index < -0.39 is 5.97 Å². The monoisotopic (exact) mass is 288 g/mol. The summed E-state index contributed by atoms with van der Waals surface area (Å²) in [7, 11) is 1.64. The number of amides is 1. The number of carboxylic acid groups (broad SMARTS) is 1. The Labute approximate surface area is 121 Å². The van der Waals surface area contributed by atoms with Crippen LogP contribution in [0.5, 0.6) is 0 Å². The summed E-state index contributed by atoms with van der Waals surface area (Å²) in [5, 5.41) is 15.8. The van der Waals surface area contributed by atoms with Crippen molar-refractivity contribution in [3.63, 3.8) is 0 Å². The number of hydrogen-bond donors (Lipinski definition) is 2. The molecule has 1 heterocycles. The highest BCUT2D eigenvalue weighted by Gasteiger charge is 2.16. The van der Waals surface area contributed by atoms with E-state index in [0.717, 1.165) is 0 Å². The topological polar surface area (TPSA) is 99.2 Å². The van der Waals surface area contributed by atoms with E-state index in [1.807, 2.05) is 0 Å². The van der Waals surface area contributed by atoms with Crippen molar-refractivity contribution in [2.45, 2.75) is 19.9 Å². The molecule has 2 rings (SSSR count). The van der Waals surface area contributed by atoms with E-state index in [4.69, 9.17) is 5.11 Å². The molecule has 1 aromatic carbocycles. The molecule has 21 heavy (non-hydrogen) atoms. The Kier molecular flexibility index (Phi) is 4.32. The van der Waals surface area contributed by atoms with E-state index in [2.05, 4.69) is 15.2 Å². The lowest BCUT2D eigenvalue weighted by Crippen LogP contribution is -2.28. The van der Waals surface area contributed by atoms with Gasteiger partial charge in [0, 0.05) is 7.05 Å². The van der Waals surface area contributed by atoms with E-state index in [0.29, 0.717) is 17.2 Å². The second-order valence-corrected chi connectivity index (χ2v) is 4.73. The lowest BCUT2D eigenvalue weighted by molar-refractivity contribution is -0.129. The molecule has 0 aliphatic carbocycles. The van der Waals surface area contributed by atoms with Crippen LogP contribution in [0.2, 0.25) is 0 Å². The number of aryl methyl sites for hydroxylation is 1. The average Bonchev–Trinajstić information content (AvgIpc) is 2.84. The Bertz CT molecular complexity index is 666. The number of rotatable bonds is 5. The van der Waals surface area contributed by atoms with Crippen LogP contribution < -0.4 is 0 Å². The zero-order valence-electron chi connectivity index (χ0n) is 11.8. The standard InChI is InChI=1S/C14H16N4O3/c1-9-15-12(17-16-9)8-18(2)13(19)7-10-5-3-4-6-11(10)14(20)21/h3-6H,7-8H2,1-2H3,(H,20,21)(H,15,16,17). The normalized spacial score (nSPS) is 10.4. The number of likely N-dealkylation sites (N-methyl/N-ethyl adjacent to an activating group) is 1. The van der Waals surface area contributed by atoms with Gasteiger partial charge in [-0.2, -0.15) is 5.10 Å². The lowest BCUT2D eigenvalue weighted by atomic mass is 10.0. The van der Waals surface area contributed by atoms with Crippen molar-refractivity contribution in [2.75, 3.05) is 7.05 Å². The summed E-state index contributed by atoms with van der Waals surface area (Å²) in [4.78, 5) is 28.9. The molecule has 2 aromatic rings. The predicted octanol–water partition coefficient (Wildman–Crippen LogP) is 1.01. The maximum atomic E-state index is 12.2. The second kappa shape index (κ2) is 6.17. The highest BCUT2D eigenvalue weighted by molar-refractivity contribution is 5.91. The van der Waals surface area contributed by atoms with Crippen LogP contribution in [-0.2, 0) is 17.8 Å². The molecule has 2 N–H and O–H groups in total. The molecule has 1 amide bonds. The van der Waals surface area contributed by atoms with Gasteiger partial charge >= 0.3 is 5.97 Å². The Morgan fingerprint density at radius 1 is 1.33 bits per heavy atom. The number of carbonyl (C=O) groups excluding carboxylic acids is 1. The number of aromatic amines is 1. The molecule has 0 aliphatic rings. The molecule has 0 spiro atoms.